The Kier molecular flexibility index (Phi) is 7.24. The van der Waals surface area contributed by atoms with Gasteiger partial charge >= 0.3 is 0 Å². The van der Waals surface area contributed by atoms with E-state index in [1.54, 1.807) is 14.2 Å². The lowest BCUT2D eigenvalue weighted by atomic mass is 9.95. The maximum absolute atomic E-state index is 13.1. The topological polar surface area (TPSA) is 80.9 Å². The second-order valence-electron chi connectivity index (χ2n) is 8.05. The van der Waals surface area contributed by atoms with Crippen molar-refractivity contribution in [3.05, 3.63) is 54.4 Å². The highest BCUT2D eigenvalue weighted by molar-refractivity contribution is 5.95. The van der Waals surface area contributed by atoms with E-state index in [1.807, 2.05) is 60.4 Å². The highest BCUT2D eigenvalue weighted by Crippen LogP contribution is 2.31. The van der Waals surface area contributed by atoms with Crippen LogP contribution in [0.15, 0.2) is 53.1 Å². The van der Waals surface area contributed by atoms with Crippen LogP contribution in [-0.4, -0.2) is 54.8 Å². The summed E-state index contributed by atoms with van der Waals surface area (Å²) in [5.41, 5.74) is 1.76. The van der Waals surface area contributed by atoms with Crippen LogP contribution in [0.2, 0.25) is 0 Å². The van der Waals surface area contributed by atoms with Crippen LogP contribution in [0.5, 0.6) is 11.5 Å². The Balaban J connectivity index is 1.34. The van der Waals surface area contributed by atoms with Crippen molar-refractivity contribution >= 4 is 11.6 Å². The van der Waals surface area contributed by atoms with Crippen LogP contribution in [0.4, 0.5) is 5.69 Å². The number of hydrogen-bond donors (Lipinski definition) is 0. The summed E-state index contributed by atoms with van der Waals surface area (Å²) >= 11 is 0. The zero-order chi connectivity index (χ0) is 23.2. The van der Waals surface area contributed by atoms with Crippen LogP contribution in [0.1, 0.15) is 25.7 Å². The van der Waals surface area contributed by atoms with Gasteiger partial charge in [-0.05, 0) is 63.2 Å². The largest absolute Gasteiger partial charge is 0.493 e. The number of anilines is 1. The third-order valence-electron chi connectivity index (χ3n) is 6.06. The summed E-state index contributed by atoms with van der Waals surface area (Å²) in [5.74, 6) is 2.57. The molecular weight excluding hydrogens is 420 g/mol. The van der Waals surface area contributed by atoms with Crippen molar-refractivity contribution in [1.82, 2.24) is 15.0 Å². The van der Waals surface area contributed by atoms with E-state index < -0.39 is 0 Å². The summed E-state index contributed by atoms with van der Waals surface area (Å²) in [6.45, 7) is 4.89. The first-order valence-electron chi connectivity index (χ1n) is 11.3. The Hall–Kier alpha value is -3.39. The predicted octanol–water partition coefficient (Wildman–Crippen LogP) is 4.02. The Morgan fingerprint density at radius 3 is 2.48 bits per heavy atom. The van der Waals surface area contributed by atoms with Crippen LogP contribution < -0.4 is 14.4 Å². The van der Waals surface area contributed by atoms with Gasteiger partial charge in [-0.15, -0.1) is 0 Å². The Morgan fingerprint density at radius 1 is 1.09 bits per heavy atom. The molecule has 1 aromatic heterocycles. The van der Waals surface area contributed by atoms with Crippen molar-refractivity contribution < 1.29 is 18.8 Å². The first-order valence-corrected chi connectivity index (χ1v) is 11.3. The van der Waals surface area contributed by atoms with Gasteiger partial charge in [0.15, 0.2) is 11.5 Å². The summed E-state index contributed by atoms with van der Waals surface area (Å²) in [6, 6.07) is 15.4. The molecule has 0 saturated carbocycles. The van der Waals surface area contributed by atoms with Gasteiger partial charge in [-0.1, -0.05) is 23.4 Å². The maximum atomic E-state index is 13.1. The predicted molar refractivity (Wildman–Crippen MR) is 125 cm³/mol. The summed E-state index contributed by atoms with van der Waals surface area (Å²) in [6.07, 6.45) is 1.64. The second-order valence-corrected chi connectivity index (χ2v) is 8.05. The zero-order valence-electron chi connectivity index (χ0n) is 19.4. The number of likely N-dealkylation sites (tertiary alicyclic amines) is 1. The van der Waals surface area contributed by atoms with Crippen LogP contribution in [-0.2, 0) is 11.3 Å². The molecule has 8 heteroatoms. The van der Waals surface area contributed by atoms with Crippen LogP contribution in [0.3, 0.4) is 0 Å². The minimum atomic E-state index is 0.0337. The number of hydrogen-bond acceptors (Lipinski definition) is 7. The lowest BCUT2D eigenvalue weighted by Gasteiger charge is -2.33. The van der Waals surface area contributed by atoms with Crippen molar-refractivity contribution in [2.45, 2.75) is 26.3 Å². The van der Waals surface area contributed by atoms with E-state index in [4.69, 9.17) is 14.0 Å². The fourth-order valence-corrected chi connectivity index (χ4v) is 4.23. The quantitative estimate of drug-likeness (QED) is 0.513. The van der Waals surface area contributed by atoms with E-state index in [-0.39, 0.29) is 11.8 Å². The van der Waals surface area contributed by atoms with Gasteiger partial charge in [0.25, 0.3) is 0 Å². The monoisotopic (exact) mass is 450 g/mol. The van der Waals surface area contributed by atoms with Crippen molar-refractivity contribution in [2.24, 2.45) is 5.92 Å². The van der Waals surface area contributed by atoms with Gasteiger partial charge in [0.05, 0.1) is 20.8 Å². The molecule has 0 aliphatic carbocycles. The zero-order valence-corrected chi connectivity index (χ0v) is 19.4. The Bertz CT molecular complexity index is 1060. The van der Waals surface area contributed by atoms with E-state index in [0.29, 0.717) is 36.3 Å². The SMILES string of the molecule is CCN(C(=O)C1CCN(Cc2nc(-c3ccc(OC)c(OC)c3)no2)CC1)c1ccccc1. The fourth-order valence-electron chi connectivity index (χ4n) is 4.23. The number of aromatic nitrogens is 2. The van der Waals surface area contributed by atoms with Crippen LogP contribution >= 0.6 is 0 Å². The molecule has 2 heterocycles. The standard InChI is InChI=1S/C25H30N4O4/c1-4-29(20-8-6-5-7-9-20)25(30)18-12-14-28(15-13-18)17-23-26-24(27-33-23)19-10-11-21(31-2)22(16-19)32-3/h5-11,16,18H,4,12-15,17H2,1-3H3. The number of carbonyl (C=O) groups is 1. The first kappa shape index (κ1) is 22.8. The highest BCUT2D eigenvalue weighted by Gasteiger charge is 2.29. The molecule has 174 valence electrons. The number of nitrogens with zero attached hydrogens (tertiary/aromatic N) is 4. The fraction of sp³-hybridized carbons (Fsp3) is 0.400. The van der Waals surface area contributed by atoms with Gasteiger partial charge in [-0.25, -0.2) is 0 Å². The number of benzene rings is 2. The van der Waals surface area contributed by atoms with Crippen LogP contribution in [0, 0.1) is 5.92 Å². The van der Waals surface area contributed by atoms with Crippen LogP contribution in [0.25, 0.3) is 11.4 Å². The van der Waals surface area contributed by atoms with E-state index in [0.717, 1.165) is 37.2 Å². The average molecular weight is 451 g/mol. The lowest BCUT2D eigenvalue weighted by molar-refractivity contribution is -0.123. The molecular formula is C25H30N4O4. The highest BCUT2D eigenvalue weighted by atomic mass is 16.5. The number of para-hydroxylation sites is 1. The summed E-state index contributed by atoms with van der Waals surface area (Å²) in [7, 11) is 3.19. The van der Waals surface area contributed by atoms with Crippen molar-refractivity contribution in [2.75, 3.05) is 38.8 Å². The molecule has 0 bridgehead atoms. The van der Waals surface area contributed by atoms with Gasteiger partial charge in [0.1, 0.15) is 0 Å². The smallest absolute Gasteiger partial charge is 0.241 e. The number of piperidine rings is 1. The number of methoxy groups -OCH3 is 2. The first-order chi connectivity index (χ1) is 16.1. The Morgan fingerprint density at radius 2 is 1.82 bits per heavy atom. The molecule has 8 nitrogen and oxygen atoms in total. The summed E-state index contributed by atoms with van der Waals surface area (Å²) in [4.78, 5) is 21.8. The van der Waals surface area contributed by atoms with E-state index in [9.17, 15) is 4.79 Å². The molecule has 0 N–H and O–H groups in total. The van der Waals surface area contributed by atoms with Gasteiger partial charge in [0, 0.05) is 23.7 Å². The molecule has 1 saturated heterocycles. The average Bonchev–Trinajstić information content (AvgIpc) is 3.33. The Labute approximate surface area is 194 Å². The third-order valence-corrected chi connectivity index (χ3v) is 6.06. The summed E-state index contributed by atoms with van der Waals surface area (Å²) < 4.78 is 16.1. The van der Waals surface area contributed by atoms with Gasteiger partial charge in [-0.2, -0.15) is 4.98 Å². The lowest BCUT2D eigenvalue weighted by Crippen LogP contribution is -2.42. The molecule has 2 aromatic carbocycles. The third kappa shape index (κ3) is 5.17. The second kappa shape index (κ2) is 10.5. The number of amides is 1. The molecule has 0 unspecified atom stereocenters. The normalized spacial score (nSPS) is 14.8. The van der Waals surface area contributed by atoms with E-state index in [1.165, 1.54) is 0 Å². The van der Waals surface area contributed by atoms with Crippen molar-refractivity contribution in [3.8, 4) is 22.9 Å². The molecule has 4 rings (SSSR count). The molecule has 0 atom stereocenters. The maximum Gasteiger partial charge on any atom is 0.241 e. The van der Waals surface area contributed by atoms with Crippen molar-refractivity contribution in [1.29, 1.82) is 0 Å². The van der Waals surface area contributed by atoms with Crippen molar-refractivity contribution in [3.63, 3.8) is 0 Å². The van der Waals surface area contributed by atoms with E-state index in [2.05, 4.69) is 15.0 Å². The minimum absolute atomic E-state index is 0.0337. The number of carbonyl (C=O) groups excluding carboxylic acids is 1. The molecule has 33 heavy (non-hydrogen) atoms. The van der Waals surface area contributed by atoms with Gasteiger partial charge < -0.3 is 18.9 Å². The molecule has 1 aliphatic heterocycles. The molecule has 0 radical (unpaired) electrons. The molecule has 3 aromatic rings. The molecule has 0 spiro atoms. The summed E-state index contributed by atoms with van der Waals surface area (Å²) in [5, 5.41) is 4.12. The minimum Gasteiger partial charge on any atom is -0.493 e. The molecule has 1 amide bonds. The molecule has 1 aliphatic rings. The number of ether oxygens (including phenoxy) is 2. The van der Waals surface area contributed by atoms with Gasteiger partial charge in [-0.3, -0.25) is 9.69 Å². The van der Waals surface area contributed by atoms with E-state index >= 15 is 0 Å². The molecule has 1 fully saturated rings. The number of rotatable bonds is 8. The van der Waals surface area contributed by atoms with Gasteiger partial charge in [0.2, 0.25) is 17.6 Å².